The number of nitrogens with zero attached hydrogens (tertiary/aromatic N) is 2. The highest BCUT2D eigenvalue weighted by atomic mass is 15.2. The summed E-state index contributed by atoms with van der Waals surface area (Å²) in [6.45, 7) is 2.31. The molecule has 226 valence electrons. The summed E-state index contributed by atoms with van der Waals surface area (Å²) in [4.78, 5) is 4.79. The number of hydrogen-bond acceptors (Lipinski definition) is 2. The van der Waals surface area contributed by atoms with Gasteiger partial charge in [0.15, 0.2) is 0 Å². The summed E-state index contributed by atoms with van der Waals surface area (Å²) >= 11 is 0. The normalized spacial score (nSPS) is 13.9. The zero-order chi connectivity index (χ0) is 31.6. The van der Waals surface area contributed by atoms with Crippen LogP contribution >= 0.6 is 0 Å². The first-order chi connectivity index (χ1) is 23.2. The van der Waals surface area contributed by atoms with Gasteiger partial charge in [-0.1, -0.05) is 134 Å². The molecule has 0 amide bonds. The Kier molecular flexibility index (Phi) is 7.61. The van der Waals surface area contributed by atoms with Crippen molar-refractivity contribution in [3.8, 4) is 11.1 Å². The SMILES string of the molecule is CC1C=c2ccccc2=C(N(c2ccccc2)c2ccc(-c3ccc(N(c4ccccc4)c4cccc5ccccc45)cc3)cc2)C1. The zero-order valence-electron chi connectivity index (χ0n) is 26.5. The summed E-state index contributed by atoms with van der Waals surface area (Å²) in [6.07, 6.45) is 3.39. The van der Waals surface area contributed by atoms with Crippen LogP contribution in [-0.4, -0.2) is 0 Å². The molecule has 47 heavy (non-hydrogen) atoms. The Morgan fingerprint density at radius 3 is 1.64 bits per heavy atom. The first-order valence-corrected chi connectivity index (χ1v) is 16.4. The highest BCUT2D eigenvalue weighted by Gasteiger charge is 2.20. The lowest BCUT2D eigenvalue weighted by atomic mass is 9.94. The monoisotopic (exact) mass is 604 g/mol. The molecule has 7 aromatic rings. The average molecular weight is 605 g/mol. The summed E-state index contributed by atoms with van der Waals surface area (Å²) in [7, 11) is 0. The fourth-order valence-corrected chi connectivity index (χ4v) is 6.95. The van der Waals surface area contributed by atoms with Crippen molar-refractivity contribution in [2.75, 3.05) is 9.80 Å². The van der Waals surface area contributed by atoms with Crippen LogP contribution < -0.4 is 20.2 Å². The van der Waals surface area contributed by atoms with E-state index in [9.17, 15) is 0 Å². The molecule has 0 aliphatic heterocycles. The van der Waals surface area contributed by atoms with Crippen LogP contribution in [0.2, 0.25) is 0 Å². The maximum Gasteiger partial charge on any atom is 0.0540 e. The molecule has 8 rings (SSSR count). The third-order valence-corrected chi connectivity index (χ3v) is 9.14. The number of fused-ring (bicyclic) bond motifs is 2. The summed E-state index contributed by atoms with van der Waals surface area (Å²) in [5.74, 6) is 0.466. The van der Waals surface area contributed by atoms with Crippen molar-refractivity contribution in [1.82, 2.24) is 0 Å². The number of anilines is 5. The number of hydrogen-bond donors (Lipinski definition) is 0. The summed E-state index contributed by atoms with van der Waals surface area (Å²) < 4.78 is 0. The molecule has 2 nitrogen and oxygen atoms in total. The molecule has 0 saturated heterocycles. The predicted octanol–water partition coefficient (Wildman–Crippen LogP) is 10.7. The lowest BCUT2D eigenvalue weighted by Gasteiger charge is -2.31. The molecule has 2 heteroatoms. The summed E-state index contributed by atoms with van der Waals surface area (Å²) in [5, 5.41) is 5.08. The summed E-state index contributed by atoms with van der Waals surface area (Å²) in [5.41, 5.74) is 9.50. The zero-order valence-corrected chi connectivity index (χ0v) is 26.5. The maximum atomic E-state index is 2.44. The van der Waals surface area contributed by atoms with Gasteiger partial charge in [0.2, 0.25) is 0 Å². The minimum atomic E-state index is 0.466. The predicted molar refractivity (Wildman–Crippen MR) is 200 cm³/mol. The number of para-hydroxylation sites is 2. The van der Waals surface area contributed by atoms with Gasteiger partial charge in [-0.25, -0.2) is 0 Å². The Balaban J connectivity index is 1.16. The molecule has 1 atom stereocenters. The van der Waals surface area contributed by atoms with E-state index in [-0.39, 0.29) is 0 Å². The van der Waals surface area contributed by atoms with Crippen LogP contribution in [0.15, 0.2) is 176 Å². The number of rotatable bonds is 7. The van der Waals surface area contributed by atoms with Crippen molar-refractivity contribution in [3.63, 3.8) is 0 Å². The Bertz CT molecular complexity index is 2270. The molecular formula is C45H36N2. The van der Waals surface area contributed by atoms with Gasteiger partial charge in [0.25, 0.3) is 0 Å². The second kappa shape index (κ2) is 12.5. The molecule has 0 radical (unpaired) electrons. The lowest BCUT2D eigenvalue weighted by molar-refractivity contribution is 0.773. The van der Waals surface area contributed by atoms with E-state index < -0.39 is 0 Å². The van der Waals surface area contributed by atoms with Gasteiger partial charge >= 0.3 is 0 Å². The van der Waals surface area contributed by atoms with Gasteiger partial charge in [0.05, 0.1) is 5.69 Å². The molecule has 0 heterocycles. The van der Waals surface area contributed by atoms with E-state index in [2.05, 4.69) is 199 Å². The van der Waals surface area contributed by atoms with Crippen LogP contribution in [0.5, 0.6) is 0 Å². The van der Waals surface area contributed by atoms with Gasteiger partial charge in [0.1, 0.15) is 0 Å². The molecular weight excluding hydrogens is 569 g/mol. The van der Waals surface area contributed by atoms with Crippen molar-refractivity contribution >= 4 is 51.0 Å². The fourth-order valence-electron chi connectivity index (χ4n) is 6.95. The molecule has 1 unspecified atom stereocenters. The first-order valence-electron chi connectivity index (χ1n) is 16.4. The standard InChI is InChI=1S/C45H36N2/c1-33-31-37-14-9-11-21-43(37)45(32-33)47(39-18-6-3-7-19-39)41-29-25-35(26-30-41)34-23-27-40(28-24-34)46(38-16-4-2-5-17-38)44-22-12-15-36-13-8-10-20-42(36)44/h2-31,33H,32H2,1H3. The van der Waals surface area contributed by atoms with Crippen molar-refractivity contribution in [2.45, 2.75) is 13.3 Å². The van der Waals surface area contributed by atoms with Gasteiger partial charge < -0.3 is 9.80 Å². The topological polar surface area (TPSA) is 6.48 Å². The average Bonchev–Trinajstić information content (AvgIpc) is 3.13. The molecule has 0 bridgehead atoms. The molecule has 1 aliphatic carbocycles. The van der Waals surface area contributed by atoms with Crippen molar-refractivity contribution in [1.29, 1.82) is 0 Å². The first kappa shape index (κ1) is 28.6. The quantitative estimate of drug-likeness (QED) is 0.179. The van der Waals surface area contributed by atoms with Crippen LogP contribution in [0.3, 0.4) is 0 Å². The largest absolute Gasteiger partial charge is 0.314 e. The van der Waals surface area contributed by atoms with Gasteiger partial charge in [0, 0.05) is 39.1 Å². The number of benzene rings is 7. The van der Waals surface area contributed by atoms with Gasteiger partial charge in [-0.05, 0) is 88.7 Å². The highest BCUT2D eigenvalue weighted by Crippen LogP contribution is 2.40. The molecule has 1 aliphatic rings. The molecule has 0 spiro atoms. The van der Waals surface area contributed by atoms with Crippen LogP contribution in [0.4, 0.5) is 28.4 Å². The molecule has 0 saturated carbocycles. The van der Waals surface area contributed by atoms with E-state index >= 15 is 0 Å². The van der Waals surface area contributed by atoms with E-state index in [1.807, 2.05) is 0 Å². The van der Waals surface area contributed by atoms with Crippen LogP contribution in [0, 0.1) is 5.92 Å². The van der Waals surface area contributed by atoms with E-state index in [1.165, 1.54) is 55.1 Å². The summed E-state index contributed by atoms with van der Waals surface area (Å²) in [6, 6.07) is 63.3. The Morgan fingerprint density at radius 2 is 0.957 bits per heavy atom. The van der Waals surface area contributed by atoms with Gasteiger partial charge in [-0.3, -0.25) is 0 Å². The second-order valence-corrected chi connectivity index (χ2v) is 12.3. The van der Waals surface area contributed by atoms with E-state index in [0.717, 1.165) is 17.8 Å². The van der Waals surface area contributed by atoms with Crippen molar-refractivity contribution in [3.05, 3.63) is 186 Å². The molecule has 0 aromatic heterocycles. The lowest BCUT2D eigenvalue weighted by Crippen LogP contribution is -2.36. The smallest absolute Gasteiger partial charge is 0.0540 e. The Morgan fingerprint density at radius 1 is 0.447 bits per heavy atom. The van der Waals surface area contributed by atoms with E-state index in [0.29, 0.717) is 5.92 Å². The van der Waals surface area contributed by atoms with Crippen LogP contribution in [0.25, 0.3) is 33.7 Å². The Hall–Kier alpha value is -5.86. The van der Waals surface area contributed by atoms with Gasteiger partial charge in [-0.15, -0.1) is 0 Å². The van der Waals surface area contributed by atoms with Crippen molar-refractivity contribution in [2.24, 2.45) is 5.92 Å². The van der Waals surface area contributed by atoms with E-state index in [1.54, 1.807) is 0 Å². The third kappa shape index (κ3) is 5.60. The minimum Gasteiger partial charge on any atom is -0.314 e. The fraction of sp³-hybridized carbons (Fsp3) is 0.0667. The van der Waals surface area contributed by atoms with Crippen LogP contribution in [-0.2, 0) is 0 Å². The Labute approximate surface area is 276 Å². The second-order valence-electron chi connectivity index (χ2n) is 12.3. The minimum absolute atomic E-state index is 0.466. The maximum absolute atomic E-state index is 2.44. The molecule has 0 N–H and O–H groups in total. The molecule has 7 aromatic carbocycles. The third-order valence-electron chi connectivity index (χ3n) is 9.14. The van der Waals surface area contributed by atoms with Crippen molar-refractivity contribution < 1.29 is 0 Å². The van der Waals surface area contributed by atoms with E-state index in [4.69, 9.17) is 0 Å². The molecule has 0 fully saturated rings. The van der Waals surface area contributed by atoms with Crippen LogP contribution in [0.1, 0.15) is 13.3 Å². The highest BCUT2D eigenvalue weighted by molar-refractivity contribution is 5.99. The van der Waals surface area contributed by atoms with Gasteiger partial charge in [-0.2, -0.15) is 0 Å².